The summed E-state index contributed by atoms with van der Waals surface area (Å²) in [6, 6.07) is 7.32. The van der Waals surface area contributed by atoms with Gasteiger partial charge in [0.05, 0.1) is 14.7 Å². The second-order valence-corrected chi connectivity index (χ2v) is 15.3. The number of rotatable bonds is 7. The first-order valence-corrected chi connectivity index (χ1v) is 17.3. The summed E-state index contributed by atoms with van der Waals surface area (Å²) in [7, 11) is -20.2. The molecular formula is C24H23NO13S4. The lowest BCUT2D eigenvalue weighted by atomic mass is 9.72. The molecule has 0 aliphatic heterocycles. The van der Waals surface area contributed by atoms with Gasteiger partial charge in [-0.15, -0.1) is 0 Å². The molecule has 4 aromatic rings. The van der Waals surface area contributed by atoms with Gasteiger partial charge in [0.25, 0.3) is 40.5 Å². The molecule has 42 heavy (non-hydrogen) atoms. The van der Waals surface area contributed by atoms with Crippen LogP contribution < -0.4 is 5.73 Å². The highest BCUT2D eigenvalue weighted by Crippen LogP contribution is 2.47. The van der Waals surface area contributed by atoms with Crippen LogP contribution in [0.3, 0.4) is 0 Å². The summed E-state index contributed by atoms with van der Waals surface area (Å²) < 4.78 is 136. The molecule has 0 bridgehead atoms. The van der Waals surface area contributed by atoms with Crippen LogP contribution in [0.5, 0.6) is 5.75 Å². The van der Waals surface area contributed by atoms with Crippen molar-refractivity contribution >= 4 is 67.7 Å². The van der Waals surface area contributed by atoms with Crippen molar-refractivity contribution in [2.75, 3.05) is 5.73 Å². The molecule has 0 aliphatic carbocycles. The van der Waals surface area contributed by atoms with Gasteiger partial charge >= 0.3 is 0 Å². The molecule has 0 aliphatic rings. The molecule has 7 N–H and O–H groups in total. The van der Waals surface area contributed by atoms with Gasteiger partial charge in [-0.05, 0) is 70.8 Å². The third-order valence-electron chi connectivity index (χ3n) is 7.06. The molecule has 0 spiro atoms. The first kappa shape index (κ1) is 31.6. The zero-order valence-electron chi connectivity index (χ0n) is 21.5. The summed E-state index contributed by atoms with van der Waals surface area (Å²) in [4.78, 5) is -3.49. The van der Waals surface area contributed by atoms with E-state index in [4.69, 9.17) is 5.73 Å². The second kappa shape index (κ2) is 9.85. The predicted octanol–water partition coefficient (Wildman–Crippen LogP) is 2.98. The van der Waals surface area contributed by atoms with E-state index in [0.717, 1.165) is 30.3 Å². The molecule has 1 unspecified atom stereocenters. The summed E-state index contributed by atoms with van der Waals surface area (Å²) in [5.41, 5.74) is 4.30. The van der Waals surface area contributed by atoms with Crippen LogP contribution in [0.25, 0.3) is 21.5 Å². The van der Waals surface area contributed by atoms with E-state index in [1.165, 1.54) is 19.1 Å². The highest BCUT2D eigenvalue weighted by atomic mass is 32.2. The Balaban J connectivity index is 2.25. The van der Waals surface area contributed by atoms with E-state index in [-0.39, 0.29) is 34.0 Å². The number of fused-ring (bicyclic) bond motifs is 2. The zero-order valence-corrected chi connectivity index (χ0v) is 24.8. The number of benzene rings is 4. The lowest BCUT2D eigenvalue weighted by Gasteiger charge is -2.33. The van der Waals surface area contributed by atoms with E-state index in [0.29, 0.717) is 6.07 Å². The van der Waals surface area contributed by atoms with E-state index < -0.39 is 82.0 Å². The van der Waals surface area contributed by atoms with Crippen molar-refractivity contribution in [2.24, 2.45) is 0 Å². The third kappa shape index (κ3) is 5.54. The molecule has 0 aromatic heterocycles. The number of anilines is 1. The van der Waals surface area contributed by atoms with Crippen LogP contribution in [-0.2, 0) is 45.9 Å². The van der Waals surface area contributed by atoms with E-state index >= 15 is 0 Å². The first-order chi connectivity index (χ1) is 19.0. The Labute approximate surface area is 240 Å². The molecule has 0 heterocycles. The quantitative estimate of drug-likeness (QED) is 0.123. The summed E-state index contributed by atoms with van der Waals surface area (Å²) >= 11 is 0. The molecule has 4 aromatic carbocycles. The fourth-order valence-electron chi connectivity index (χ4n) is 4.94. The van der Waals surface area contributed by atoms with Gasteiger partial charge in [0, 0.05) is 27.9 Å². The minimum Gasteiger partial charge on any atom is -0.507 e. The first-order valence-electron chi connectivity index (χ1n) is 11.6. The van der Waals surface area contributed by atoms with Crippen LogP contribution >= 0.6 is 0 Å². The Bertz CT molecular complexity index is 2260. The smallest absolute Gasteiger partial charge is 0.295 e. The van der Waals surface area contributed by atoms with E-state index in [9.17, 15) is 57.0 Å². The number of phenolic OH excluding ortho intramolecular Hbond substituents is 1. The van der Waals surface area contributed by atoms with Crippen molar-refractivity contribution < 1.29 is 57.0 Å². The van der Waals surface area contributed by atoms with Crippen LogP contribution in [0.2, 0.25) is 0 Å². The minimum absolute atomic E-state index is 0.00896. The molecular weight excluding hydrogens is 639 g/mol. The molecule has 0 saturated carbocycles. The van der Waals surface area contributed by atoms with Crippen LogP contribution in [0.15, 0.2) is 68.1 Å². The maximum Gasteiger partial charge on any atom is 0.295 e. The summed E-state index contributed by atoms with van der Waals surface area (Å²) in [5, 5.41) is 10.1. The van der Waals surface area contributed by atoms with Crippen molar-refractivity contribution in [3.05, 3.63) is 59.7 Å². The van der Waals surface area contributed by atoms with Crippen LogP contribution in [0, 0.1) is 0 Å². The lowest BCUT2D eigenvalue weighted by molar-refractivity contribution is 0.467. The van der Waals surface area contributed by atoms with Crippen molar-refractivity contribution in [2.45, 2.75) is 45.3 Å². The van der Waals surface area contributed by atoms with Crippen LogP contribution in [0.4, 0.5) is 5.69 Å². The van der Waals surface area contributed by atoms with E-state index in [1.54, 1.807) is 6.92 Å². The predicted molar refractivity (Wildman–Crippen MR) is 150 cm³/mol. The Kier molecular flexibility index (Phi) is 7.40. The van der Waals surface area contributed by atoms with Gasteiger partial charge in [-0.3, -0.25) is 18.2 Å². The van der Waals surface area contributed by atoms with Crippen molar-refractivity contribution in [3.8, 4) is 5.75 Å². The number of hydrogen-bond acceptors (Lipinski definition) is 10. The molecule has 0 fully saturated rings. The number of nitrogens with two attached hydrogens (primary N) is 1. The number of hydrogen-bond donors (Lipinski definition) is 6. The number of phenols is 1. The van der Waals surface area contributed by atoms with Crippen molar-refractivity contribution in [1.82, 2.24) is 0 Å². The largest absolute Gasteiger partial charge is 0.507 e. The maximum atomic E-state index is 12.7. The number of nitrogen functional groups attached to an aromatic ring is 1. The molecule has 0 radical (unpaired) electrons. The van der Waals surface area contributed by atoms with Crippen molar-refractivity contribution in [1.29, 1.82) is 0 Å². The highest BCUT2D eigenvalue weighted by Gasteiger charge is 2.36. The molecule has 0 amide bonds. The fourth-order valence-corrected chi connectivity index (χ4v) is 7.66. The third-order valence-corrected chi connectivity index (χ3v) is 10.5. The fraction of sp³-hybridized carbons (Fsp3) is 0.167. The van der Waals surface area contributed by atoms with Gasteiger partial charge in [0.1, 0.15) is 10.6 Å². The van der Waals surface area contributed by atoms with Gasteiger partial charge in [-0.2, -0.15) is 33.7 Å². The Morgan fingerprint density at radius 3 is 1.67 bits per heavy atom. The summed E-state index contributed by atoms with van der Waals surface area (Å²) in [6.07, 6.45) is -0.0244. The van der Waals surface area contributed by atoms with E-state index in [2.05, 4.69) is 0 Å². The van der Waals surface area contributed by atoms with Gasteiger partial charge in [0.15, 0.2) is 0 Å². The minimum atomic E-state index is -5.19. The summed E-state index contributed by atoms with van der Waals surface area (Å²) in [6.45, 7) is 3.02. The van der Waals surface area contributed by atoms with Crippen LogP contribution in [-0.4, -0.2) is 57.0 Å². The average molecular weight is 662 g/mol. The molecule has 226 valence electrons. The molecule has 0 saturated heterocycles. The monoisotopic (exact) mass is 661 g/mol. The van der Waals surface area contributed by atoms with Gasteiger partial charge in [0.2, 0.25) is 0 Å². The maximum absolute atomic E-state index is 12.7. The molecule has 14 nitrogen and oxygen atoms in total. The van der Waals surface area contributed by atoms with E-state index in [1.807, 2.05) is 0 Å². The molecule has 4 rings (SSSR count). The molecule has 1 atom stereocenters. The average Bonchev–Trinajstić information content (AvgIpc) is 2.83. The van der Waals surface area contributed by atoms with Crippen molar-refractivity contribution in [3.63, 3.8) is 0 Å². The Hall–Kier alpha value is -3.36. The van der Waals surface area contributed by atoms with Gasteiger partial charge in [-0.25, -0.2) is 0 Å². The lowest BCUT2D eigenvalue weighted by Crippen LogP contribution is -2.26. The Morgan fingerprint density at radius 1 is 0.643 bits per heavy atom. The van der Waals surface area contributed by atoms with Gasteiger partial charge in [-0.1, -0.05) is 13.8 Å². The molecule has 18 heteroatoms. The SMILES string of the molecule is CCC(C)(c1cc2c(S(=O)(=O)O)cc(S(=O)(=O)O)cc2cc1S(=O)(=O)O)c1cc(N)cc2cc(S(=O)(=O)O)cc(O)c12. The number of aromatic hydroxyl groups is 1. The van der Waals surface area contributed by atoms with Gasteiger partial charge < -0.3 is 10.8 Å². The normalized spacial score (nSPS) is 14.7. The highest BCUT2D eigenvalue weighted by molar-refractivity contribution is 7.87. The Morgan fingerprint density at radius 2 is 1.17 bits per heavy atom. The zero-order chi connectivity index (χ0) is 31.8. The standard InChI is InChI=1S/C24H23NO13S4/c1-3-24(2,19-8-14(25)4-13-6-15(39(27,28)29)9-20(26)23(13)19)18-11-17-12(7-22(18)42(36,37)38)5-16(40(30,31)32)10-21(17)41(33,34)35/h4-11,26H,3,25H2,1-2H3,(H,27,28,29)(H,30,31,32)(H,33,34,35)(H,36,37,38). The summed E-state index contributed by atoms with van der Waals surface area (Å²) in [5.74, 6) is -0.652. The second-order valence-electron chi connectivity index (χ2n) is 9.69. The van der Waals surface area contributed by atoms with Crippen LogP contribution in [0.1, 0.15) is 31.4 Å². The topological polar surface area (TPSA) is 264 Å².